The van der Waals surface area contributed by atoms with E-state index < -0.39 is 0 Å². The predicted octanol–water partition coefficient (Wildman–Crippen LogP) is 5.52. The third-order valence-electron chi connectivity index (χ3n) is 3.28. The molecule has 0 aromatic heterocycles. The highest BCUT2D eigenvalue weighted by Gasteiger charge is 2.14. The smallest absolute Gasteiger partial charge is 0.132 e. The summed E-state index contributed by atoms with van der Waals surface area (Å²) in [5.41, 5.74) is 7.65. The molecular weight excluding hydrogens is 333 g/mol. The number of hydrogen-bond donors (Lipinski definition) is 1. The number of ether oxygens (including phenoxy) is 1. The average Bonchev–Trinajstić information content (AvgIpc) is 2.42. The Labute approximate surface area is 133 Å². The van der Waals surface area contributed by atoms with Gasteiger partial charge in [0.05, 0.1) is 0 Å². The predicted molar refractivity (Wildman–Crippen MR) is 87.3 cm³/mol. The van der Waals surface area contributed by atoms with Crippen molar-refractivity contribution in [2.24, 2.45) is 5.73 Å². The first-order valence-electron chi connectivity index (χ1n) is 6.91. The van der Waals surface area contributed by atoms with E-state index in [1.165, 1.54) is 12.1 Å². The molecule has 2 aromatic carbocycles. The molecule has 2 aromatic rings. The van der Waals surface area contributed by atoms with Gasteiger partial charge in [-0.15, -0.1) is 0 Å². The summed E-state index contributed by atoms with van der Waals surface area (Å²) in [5, 5.41) is 0. The highest BCUT2D eigenvalue weighted by Crippen LogP contribution is 2.35. The van der Waals surface area contributed by atoms with Crippen molar-refractivity contribution in [2.45, 2.75) is 32.7 Å². The van der Waals surface area contributed by atoms with Gasteiger partial charge in [0.15, 0.2) is 0 Å². The molecule has 0 radical (unpaired) electrons. The van der Waals surface area contributed by atoms with Crippen LogP contribution in [0.4, 0.5) is 4.39 Å². The monoisotopic (exact) mass is 351 g/mol. The Kier molecular flexibility index (Phi) is 5.01. The Balaban J connectivity index is 2.43. The maximum atomic E-state index is 13.4. The third-order valence-corrected chi connectivity index (χ3v) is 3.77. The number of benzene rings is 2. The van der Waals surface area contributed by atoms with Crippen LogP contribution in [-0.2, 0) is 0 Å². The van der Waals surface area contributed by atoms with E-state index in [1.807, 2.05) is 25.1 Å². The largest absolute Gasteiger partial charge is 0.457 e. The quantitative estimate of drug-likeness (QED) is 0.786. The molecule has 0 aliphatic heterocycles. The SMILES string of the molecule is CC(C)c1cc(Br)ccc1Oc1ccc(F)cc1[C@@H](C)N. The maximum Gasteiger partial charge on any atom is 0.132 e. The van der Waals surface area contributed by atoms with E-state index in [1.54, 1.807) is 6.07 Å². The first kappa shape index (κ1) is 16.0. The van der Waals surface area contributed by atoms with Gasteiger partial charge in [-0.05, 0) is 54.8 Å². The lowest BCUT2D eigenvalue weighted by molar-refractivity contribution is 0.460. The fourth-order valence-electron chi connectivity index (χ4n) is 2.15. The molecule has 2 nitrogen and oxygen atoms in total. The minimum absolute atomic E-state index is 0.298. The zero-order valence-corrected chi connectivity index (χ0v) is 13.9. The fraction of sp³-hybridized carbons (Fsp3) is 0.294. The van der Waals surface area contributed by atoms with Crippen LogP contribution in [0.5, 0.6) is 11.5 Å². The van der Waals surface area contributed by atoms with Crippen LogP contribution < -0.4 is 10.5 Å². The molecule has 4 heteroatoms. The zero-order chi connectivity index (χ0) is 15.6. The molecule has 1 atom stereocenters. The van der Waals surface area contributed by atoms with Crippen LogP contribution in [0, 0.1) is 5.82 Å². The van der Waals surface area contributed by atoms with Crippen LogP contribution in [0.15, 0.2) is 40.9 Å². The van der Waals surface area contributed by atoms with Gasteiger partial charge in [0, 0.05) is 16.1 Å². The van der Waals surface area contributed by atoms with E-state index in [0.717, 1.165) is 15.8 Å². The van der Waals surface area contributed by atoms with Crippen molar-refractivity contribution in [2.75, 3.05) is 0 Å². The lowest BCUT2D eigenvalue weighted by Gasteiger charge is -2.18. The molecular formula is C17H19BrFNO. The maximum absolute atomic E-state index is 13.4. The number of nitrogens with two attached hydrogens (primary N) is 1. The van der Waals surface area contributed by atoms with Gasteiger partial charge >= 0.3 is 0 Å². The topological polar surface area (TPSA) is 35.2 Å². The van der Waals surface area contributed by atoms with Gasteiger partial charge in [0.25, 0.3) is 0 Å². The molecule has 2 N–H and O–H groups in total. The minimum Gasteiger partial charge on any atom is -0.457 e. The summed E-state index contributed by atoms with van der Waals surface area (Å²) in [7, 11) is 0. The normalized spacial score (nSPS) is 12.5. The highest BCUT2D eigenvalue weighted by molar-refractivity contribution is 9.10. The van der Waals surface area contributed by atoms with Crippen LogP contribution in [0.1, 0.15) is 43.9 Å². The molecule has 2 rings (SSSR count). The lowest BCUT2D eigenvalue weighted by atomic mass is 10.0. The van der Waals surface area contributed by atoms with E-state index in [9.17, 15) is 4.39 Å². The van der Waals surface area contributed by atoms with Gasteiger partial charge in [-0.2, -0.15) is 0 Å². The van der Waals surface area contributed by atoms with Crippen molar-refractivity contribution in [3.63, 3.8) is 0 Å². The molecule has 0 saturated heterocycles. The minimum atomic E-state index is -0.311. The summed E-state index contributed by atoms with van der Waals surface area (Å²) in [4.78, 5) is 0. The Hall–Kier alpha value is -1.39. The second-order valence-corrected chi connectivity index (χ2v) is 6.33. The molecule has 0 heterocycles. The van der Waals surface area contributed by atoms with Crippen molar-refractivity contribution < 1.29 is 9.13 Å². The van der Waals surface area contributed by atoms with E-state index in [4.69, 9.17) is 10.5 Å². The van der Waals surface area contributed by atoms with Crippen molar-refractivity contribution in [3.8, 4) is 11.5 Å². The lowest BCUT2D eigenvalue weighted by Crippen LogP contribution is -2.07. The zero-order valence-electron chi connectivity index (χ0n) is 12.4. The van der Waals surface area contributed by atoms with Gasteiger partial charge in [0.1, 0.15) is 17.3 Å². The first-order chi connectivity index (χ1) is 9.88. The van der Waals surface area contributed by atoms with Crippen molar-refractivity contribution >= 4 is 15.9 Å². The van der Waals surface area contributed by atoms with Gasteiger partial charge in [0.2, 0.25) is 0 Å². The van der Waals surface area contributed by atoms with E-state index >= 15 is 0 Å². The summed E-state index contributed by atoms with van der Waals surface area (Å²) in [6, 6.07) is 10.0. The van der Waals surface area contributed by atoms with Crippen LogP contribution in [-0.4, -0.2) is 0 Å². The molecule has 0 bridgehead atoms. The Morgan fingerprint density at radius 3 is 2.24 bits per heavy atom. The molecule has 21 heavy (non-hydrogen) atoms. The van der Waals surface area contributed by atoms with Crippen LogP contribution in [0.2, 0.25) is 0 Å². The molecule has 112 valence electrons. The Morgan fingerprint density at radius 1 is 1.00 bits per heavy atom. The van der Waals surface area contributed by atoms with E-state index in [-0.39, 0.29) is 11.9 Å². The van der Waals surface area contributed by atoms with Crippen LogP contribution >= 0.6 is 15.9 Å². The molecule has 0 unspecified atom stereocenters. The van der Waals surface area contributed by atoms with Gasteiger partial charge in [-0.3, -0.25) is 0 Å². The van der Waals surface area contributed by atoms with Crippen LogP contribution in [0.3, 0.4) is 0 Å². The standard InChI is InChI=1S/C17H19BrFNO/c1-10(2)14-8-12(18)4-6-16(14)21-17-7-5-13(19)9-15(17)11(3)20/h4-11H,20H2,1-3H3/t11-/m1/s1. The molecule has 0 aliphatic carbocycles. The van der Waals surface area contributed by atoms with Crippen molar-refractivity contribution in [1.82, 2.24) is 0 Å². The van der Waals surface area contributed by atoms with Gasteiger partial charge < -0.3 is 10.5 Å². The summed E-state index contributed by atoms with van der Waals surface area (Å²) >= 11 is 3.47. The molecule has 0 saturated carbocycles. The van der Waals surface area contributed by atoms with Crippen molar-refractivity contribution in [1.29, 1.82) is 0 Å². The van der Waals surface area contributed by atoms with E-state index in [2.05, 4.69) is 29.8 Å². The Bertz CT molecular complexity index is 585. The molecule has 0 amide bonds. The summed E-state index contributed by atoms with van der Waals surface area (Å²) < 4.78 is 20.4. The summed E-state index contributed by atoms with van der Waals surface area (Å²) in [6.45, 7) is 6.02. The summed E-state index contributed by atoms with van der Waals surface area (Å²) in [5.74, 6) is 1.36. The first-order valence-corrected chi connectivity index (χ1v) is 7.70. The van der Waals surface area contributed by atoms with E-state index in [0.29, 0.717) is 17.2 Å². The van der Waals surface area contributed by atoms with Crippen LogP contribution in [0.25, 0.3) is 0 Å². The average molecular weight is 352 g/mol. The fourth-order valence-corrected chi connectivity index (χ4v) is 2.53. The molecule has 0 fully saturated rings. The number of halogens is 2. The third kappa shape index (κ3) is 3.83. The number of hydrogen-bond acceptors (Lipinski definition) is 2. The second-order valence-electron chi connectivity index (χ2n) is 5.41. The molecule has 0 aliphatic rings. The van der Waals surface area contributed by atoms with Gasteiger partial charge in [-0.1, -0.05) is 29.8 Å². The number of rotatable bonds is 4. The van der Waals surface area contributed by atoms with Gasteiger partial charge in [-0.25, -0.2) is 4.39 Å². The Morgan fingerprint density at radius 2 is 1.62 bits per heavy atom. The highest BCUT2D eigenvalue weighted by atomic mass is 79.9. The summed E-state index contributed by atoms with van der Waals surface area (Å²) in [6.07, 6.45) is 0. The van der Waals surface area contributed by atoms with Crippen molar-refractivity contribution in [3.05, 3.63) is 57.8 Å². The molecule has 0 spiro atoms. The second kappa shape index (κ2) is 6.58.